The molecule has 8 rings (SSSR count). The first-order valence-electron chi connectivity index (χ1n) is 12.5. The highest BCUT2D eigenvalue weighted by molar-refractivity contribution is 7.14. The molecule has 3 aliphatic carbocycles. The van der Waals surface area contributed by atoms with Crippen LogP contribution in [0.25, 0.3) is 22.0 Å². The van der Waals surface area contributed by atoms with E-state index in [4.69, 9.17) is 16.6 Å². The number of fused-ring (bicyclic) bond motifs is 2. The maximum atomic E-state index is 14.0. The van der Waals surface area contributed by atoms with Crippen molar-refractivity contribution in [2.75, 3.05) is 5.32 Å². The molecule has 1 amide bonds. The molecule has 5 heteroatoms. The minimum atomic E-state index is -0.733. The number of anilines is 1. The summed E-state index contributed by atoms with van der Waals surface area (Å²) in [7, 11) is 0. The van der Waals surface area contributed by atoms with Crippen LogP contribution in [-0.2, 0) is 9.67 Å². The van der Waals surface area contributed by atoms with Gasteiger partial charge in [-0.05, 0) is 58.9 Å². The summed E-state index contributed by atoms with van der Waals surface area (Å²) in [4.78, 5) is 18.2. The molecular formula is C32H25ClN2OS. The van der Waals surface area contributed by atoms with Gasteiger partial charge >= 0.3 is 0 Å². The lowest BCUT2D eigenvalue weighted by molar-refractivity contribution is -0.127. The Morgan fingerprint density at radius 2 is 1.54 bits per heavy atom. The summed E-state index contributed by atoms with van der Waals surface area (Å²) < 4.78 is 0. The first-order valence-corrected chi connectivity index (χ1v) is 13.8. The van der Waals surface area contributed by atoms with Crippen LogP contribution >= 0.6 is 22.9 Å². The third-order valence-electron chi connectivity index (χ3n) is 8.31. The predicted molar refractivity (Wildman–Crippen MR) is 153 cm³/mol. The fourth-order valence-corrected chi connectivity index (χ4v) is 7.92. The number of carbonyl (C=O) groups excluding carboxylic acids is 1. The van der Waals surface area contributed by atoms with Gasteiger partial charge in [0.25, 0.3) is 0 Å². The molecule has 0 spiro atoms. The molecule has 0 saturated carbocycles. The highest BCUT2D eigenvalue weighted by Gasteiger charge is 2.60. The van der Waals surface area contributed by atoms with Gasteiger partial charge in [0, 0.05) is 16.9 Å². The second-order valence-electron chi connectivity index (χ2n) is 10.5. The summed E-state index contributed by atoms with van der Waals surface area (Å²) in [5.74, 6) is -0.109. The molecule has 1 atom stereocenters. The third-order valence-corrected chi connectivity index (χ3v) is 9.61. The van der Waals surface area contributed by atoms with Crippen LogP contribution in [0.15, 0.2) is 90.3 Å². The molecule has 5 aromatic rings. The number of halogens is 1. The van der Waals surface area contributed by atoms with Crippen molar-refractivity contribution >= 4 is 44.7 Å². The monoisotopic (exact) mass is 520 g/mol. The largest absolute Gasteiger partial charge is 0.301 e. The molecule has 182 valence electrons. The van der Waals surface area contributed by atoms with E-state index in [0.29, 0.717) is 11.6 Å². The number of amides is 1. The minimum absolute atomic E-state index is 0.0406. The number of hydrogen-bond donors (Lipinski definition) is 1. The maximum Gasteiger partial charge on any atom is 0.233 e. The summed E-state index contributed by atoms with van der Waals surface area (Å²) in [5.41, 5.74) is 6.99. The van der Waals surface area contributed by atoms with Gasteiger partial charge in [-0.3, -0.25) is 4.79 Å². The van der Waals surface area contributed by atoms with E-state index in [2.05, 4.69) is 79.8 Å². The summed E-state index contributed by atoms with van der Waals surface area (Å²) in [6, 6.07) is 29.3. The molecule has 4 aromatic carbocycles. The molecule has 3 nitrogen and oxygen atoms in total. The zero-order valence-electron chi connectivity index (χ0n) is 20.6. The lowest BCUT2D eigenvalue weighted by atomic mass is 9.52. The molecule has 1 heterocycles. The standard InChI is InChI=1S/C32H25ClN2OS/c1-19-15-16-22(21-10-4-3-9-20(19)21)27-17-37-30(34-27)35-29(36)31(2)18-32(33)25-13-7-5-11-23(25)28(31)24-12-6-8-14-26(24)32/h3-17,28H,18H2,1-2H3,(H,34,35,36). The number of rotatable bonds is 3. The van der Waals surface area contributed by atoms with E-state index in [1.165, 1.54) is 27.7 Å². The van der Waals surface area contributed by atoms with Crippen LogP contribution in [0.1, 0.15) is 47.1 Å². The predicted octanol–water partition coefficient (Wildman–Crippen LogP) is 8.25. The van der Waals surface area contributed by atoms with E-state index >= 15 is 0 Å². The number of thiazole rings is 1. The normalized spacial score (nSPS) is 23.5. The molecule has 1 aromatic heterocycles. The van der Waals surface area contributed by atoms with Crippen molar-refractivity contribution in [2.45, 2.75) is 31.1 Å². The third kappa shape index (κ3) is 3.19. The van der Waals surface area contributed by atoms with E-state index in [9.17, 15) is 4.79 Å². The van der Waals surface area contributed by atoms with Crippen LogP contribution in [-0.4, -0.2) is 10.9 Å². The van der Waals surface area contributed by atoms with Gasteiger partial charge < -0.3 is 5.32 Å². The van der Waals surface area contributed by atoms with Crippen molar-refractivity contribution in [3.63, 3.8) is 0 Å². The summed E-state index contributed by atoms with van der Waals surface area (Å²) in [6.07, 6.45) is 0.535. The maximum absolute atomic E-state index is 14.0. The highest BCUT2D eigenvalue weighted by Crippen LogP contribution is 2.65. The Kier molecular flexibility index (Phi) is 4.92. The van der Waals surface area contributed by atoms with E-state index in [0.717, 1.165) is 33.5 Å². The second kappa shape index (κ2) is 8.01. The fraction of sp³-hybridized carbons (Fsp3) is 0.188. The van der Waals surface area contributed by atoms with E-state index < -0.39 is 10.3 Å². The number of nitrogens with one attached hydrogen (secondary N) is 1. The quantitative estimate of drug-likeness (QED) is 0.243. The summed E-state index contributed by atoms with van der Waals surface area (Å²) >= 11 is 8.91. The van der Waals surface area contributed by atoms with Gasteiger partial charge in [-0.2, -0.15) is 0 Å². The van der Waals surface area contributed by atoms with Crippen molar-refractivity contribution < 1.29 is 4.79 Å². The Hall–Kier alpha value is -3.47. The Morgan fingerprint density at radius 3 is 2.24 bits per heavy atom. The number of nitrogens with zero attached hydrogens (tertiary/aromatic N) is 1. The molecule has 0 fully saturated rings. The number of alkyl halides is 1. The SMILES string of the molecule is Cc1ccc(-c2csc(NC(=O)C3(C)CC4(Cl)c5ccccc5C3c3ccccc34)n2)c2ccccc12. The van der Waals surface area contributed by atoms with Crippen LogP contribution in [0.2, 0.25) is 0 Å². The molecule has 2 bridgehead atoms. The van der Waals surface area contributed by atoms with Gasteiger partial charge in [-0.1, -0.05) is 84.9 Å². The molecule has 1 N–H and O–H groups in total. The van der Waals surface area contributed by atoms with E-state index in [1.54, 1.807) is 0 Å². The topological polar surface area (TPSA) is 42.0 Å². The highest BCUT2D eigenvalue weighted by atomic mass is 35.5. The van der Waals surface area contributed by atoms with Gasteiger partial charge in [0.2, 0.25) is 5.91 Å². The van der Waals surface area contributed by atoms with Crippen molar-refractivity contribution in [2.24, 2.45) is 5.41 Å². The zero-order valence-corrected chi connectivity index (χ0v) is 22.2. The van der Waals surface area contributed by atoms with Crippen LogP contribution < -0.4 is 5.32 Å². The molecule has 0 aliphatic heterocycles. The summed E-state index contributed by atoms with van der Waals surface area (Å²) in [5, 5.41) is 8.19. The van der Waals surface area contributed by atoms with Gasteiger partial charge in [-0.25, -0.2) is 4.98 Å². The number of hydrogen-bond acceptors (Lipinski definition) is 3. The number of carbonyl (C=O) groups is 1. The smallest absolute Gasteiger partial charge is 0.233 e. The first-order chi connectivity index (χ1) is 17.9. The van der Waals surface area contributed by atoms with E-state index in [1.807, 2.05) is 29.6 Å². The number of benzene rings is 4. The molecule has 1 unspecified atom stereocenters. The Labute approximate surface area is 225 Å². The van der Waals surface area contributed by atoms with Crippen LogP contribution in [0.3, 0.4) is 0 Å². The second-order valence-corrected chi connectivity index (χ2v) is 12.0. The lowest BCUT2D eigenvalue weighted by Crippen LogP contribution is -2.52. The van der Waals surface area contributed by atoms with Crippen molar-refractivity contribution in [1.29, 1.82) is 0 Å². The average Bonchev–Trinajstić information content (AvgIpc) is 3.37. The molecule has 0 saturated heterocycles. The Bertz CT molecular complexity index is 1680. The molecule has 37 heavy (non-hydrogen) atoms. The van der Waals surface area contributed by atoms with Gasteiger partial charge in [0.15, 0.2) is 5.13 Å². The van der Waals surface area contributed by atoms with Crippen LogP contribution in [0.4, 0.5) is 5.13 Å². The van der Waals surface area contributed by atoms with Crippen LogP contribution in [0.5, 0.6) is 0 Å². The van der Waals surface area contributed by atoms with Crippen molar-refractivity contribution in [1.82, 2.24) is 4.98 Å². The molecular weight excluding hydrogens is 496 g/mol. The minimum Gasteiger partial charge on any atom is -0.301 e. The van der Waals surface area contributed by atoms with Crippen molar-refractivity contribution in [3.8, 4) is 11.3 Å². The first kappa shape index (κ1) is 22.7. The van der Waals surface area contributed by atoms with E-state index in [-0.39, 0.29) is 11.8 Å². The zero-order chi connectivity index (χ0) is 25.4. The van der Waals surface area contributed by atoms with Gasteiger partial charge in [-0.15, -0.1) is 22.9 Å². The van der Waals surface area contributed by atoms with Crippen LogP contribution in [0, 0.1) is 12.3 Å². The number of aromatic nitrogens is 1. The van der Waals surface area contributed by atoms with Crippen molar-refractivity contribution in [3.05, 3.63) is 118 Å². The average molecular weight is 521 g/mol. The summed E-state index contributed by atoms with van der Waals surface area (Å²) in [6.45, 7) is 4.18. The van der Waals surface area contributed by atoms with Gasteiger partial charge in [0.1, 0.15) is 0 Å². The molecule has 0 radical (unpaired) electrons. The number of aryl methyl sites for hydroxylation is 1. The van der Waals surface area contributed by atoms with Gasteiger partial charge in [0.05, 0.1) is 16.0 Å². The Morgan fingerprint density at radius 1 is 0.919 bits per heavy atom. The Balaban J connectivity index is 1.26. The lowest BCUT2D eigenvalue weighted by Gasteiger charge is -2.54. The fourth-order valence-electron chi connectivity index (χ4n) is 6.60. The molecule has 3 aliphatic rings.